The molecule has 8 heteroatoms. The van der Waals surface area contributed by atoms with E-state index in [0.717, 1.165) is 23.1 Å². The summed E-state index contributed by atoms with van der Waals surface area (Å²) in [6, 6.07) is 12.4. The summed E-state index contributed by atoms with van der Waals surface area (Å²) in [5.41, 5.74) is 1.72. The number of aryl methyl sites for hydroxylation is 1. The van der Waals surface area contributed by atoms with Gasteiger partial charge in [0.15, 0.2) is 0 Å². The number of rotatable bonds is 6. The van der Waals surface area contributed by atoms with Crippen LogP contribution in [0.1, 0.15) is 6.42 Å². The molecule has 0 fully saturated rings. The van der Waals surface area contributed by atoms with Crippen LogP contribution in [-0.4, -0.2) is 39.6 Å². The Bertz CT molecular complexity index is 1260. The molecule has 0 atom stereocenters. The van der Waals surface area contributed by atoms with Gasteiger partial charge in [-0.3, -0.25) is 13.7 Å². The van der Waals surface area contributed by atoms with E-state index in [0.29, 0.717) is 28.8 Å². The molecule has 148 valence electrons. The standard InChI is InChI=1S/C21H21N5O2S/c1-25(2)11-4-12-26-21(28)16-13-14(6-9-19(16)29-26)23-24-17-7-8-18(27)20-15(17)5-3-10-22-20/h3,5-10,13,27H,4,11-12H2,1-2H3. The minimum absolute atomic E-state index is 0.0140. The van der Waals surface area contributed by atoms with Gasteiger partial charge in [-0.15, -0.1) is 5.11 Å². The maximum Gasteiger partial charge on any atom is 0.268 e. The number of fused-ring (bicyclic) bond motifs is 2. The van der Waals surface area contributed by atoms with Gasteiger partial charge in [0.05, 0.1) is 21.5 Å². The Hall–Kier alpha value is -3.10. The summed E-state index contributed by atoms with van der Waals surface area (Å²) in [4.78, 5) is 19.0. The van der Waals surface area contributed by atoms with Gasteiger partial charge in [-0.05, 0) is 69.5 Å². The summed E-state index contributed by atoms with van der Waals surface area (Å²) in [5.74, 6) is 0.106. The van der Waals surface area contributed by atoms with Crippen LogP contribution in [-0.2, 0) is 6.54 Å². The molecule has 0 saturated heterocycles. The molecule has 0 aliphatic rings. The van der Waals surface area contributed by atoms with Crippen LogP contribution < -0.4 is 5.56 Å². The minimum atomic E-state index is 0.0140. The van der Waals surface area contributed by atoms with Crippen LogP contribution in [0, 0.1) is 0 Å². The molecular weight excluding hydrogens is 386 g/mol. The lowest BCUT2D eigenvalue weighted by Gasteiger charge is -2.08. The fraction of sp³-hybridized carbons (Fsp3) is 0.238. The van der Waals surface area contributed by atoms with E-state index in [1.807, 2.05) is 32.3 Å². The average molecular weight is 407 g/mol. The number of aromatic hydroxyl groups is 1. The van der Waals surface area contributed by atoms with Crippen LogP contribution in [0.4, 0.5) is 11.4 Å². The molecule has 0 aliphatic carbocycles. The highest BCUT2D eigenvalue weighted by Crippen LogP contribution is 2.32. The zero-order valence-corrected chi connectivity index (χ0v) is 17.1. The number of aromatic nitrogens is 2. The number of phenolic OH excluding ortho intramolecular Hbond substituents is 1. The zero-order valence-electron chi connectivity index (χ0n) is 16.2. The van der Waals surface area contributed by atoms with E-state index in [9.17, 15) is 9.90 Å². The fourth-order valence-electron chi connectivity index (χ4n) is 3.14. The Morgan fingerprint density at radius 1 is 1.14 bits per heavy atom. The van der Waals surface area contributed by atoms with Crippen molar-refractivity contribution >= 4 is 43.9 Å². The molecule has 29 heavy (non-hydrogen) atoms. The quantitative estimate of drug-likeness (QED) is 0.470. The first-order valence-electron chi connectivity index (χ1n) is 9.30. The van der Waals surface area contributed by atoms with Gasteiger partial charge in [-0.2, -0.15) is 5.11 Å². The topological polar surface area (TPSA) is 83.1 Å². The third kappa shape index (κ3) is 4.03. The van der Waals surface area contributed by atoms with Crippen molar-refractivity contribution in [2.45, 2.75) is 13.0 Å². The number of phenols is 1. The second kappa shape index (κ2) is 8.10. The van der Waals surface area contributed by atoms with Crippen molar-refractivity contribution in [3.05, 3.63) is 59.0 Å². The first kappa shape index (κ1) is 19.2. The molecule has 4 aromatic rings. The van der Waals surface area contributed by atoms with Crippen molar-refractivity contribution in [1.82, 2.24) is 13.8 Å². The lowest BCUT2D eigenvalue weighted by molar-refractivity contribution is 0.389. The van der Waals surface area contributed by atoms with Crippen molar-refractivity contribution in [2.75, 3.05) is 20.6 Å². The van der Waals surface area contributed by atoms with Crippen molar-refractivity contribution in [1.29, 1.82) is 0 Å². The van der Waals surface area contributed by atoms with Crippen LogP contribution in [0.3, 0.4) is 0 Å². The third-order valence-corrected chi connectivity index (χ3v) is 5.72. The highest BCUT2D eigenvalue weighted by atomic mass is 32.1. The number of nitrogens with zero attached hydrogens (tertiary/aromatic N) is 5. The Morgan fingerprint density at radius 3 is 2.83 bits per heavy atom. The summed E-state index contributed by atoms with van der Waals surface area (Å²) in [7, 11) is 4.05. The van der Waals surface area contributed by atoms with E-state index in [1.165, 1.54) is 11.5 Å². The Kier molecular flexibility index (Phi) is 5.37. The van der Waals surface area contributed by atoms with E-state index >= 15 is 0 Å². The largest absolute Gasteiger partial charge is 0.506 e. The van der Waals surface area contributed by atoms with Crippen molar-refractivity contribution in [3.63, 3.8) is 0 Å². The highest BCUT2D eigenvalue weighted by molar-refractivity contribution is 7.13. The molecule has 2 heterocycles. The molecule has 4 rings (SSSR count). The Labute approximate surface area is 171 Å². The van der Waals surface area contributed by atoms with E-state index in [-0.39, 0.29) is 11.3 Å². The zero-order chi connectivity index (χ0) is 20.4. The number of azo groups is 1. The maximum absolute atomic E-state index is 12.7. The summed E-state index contributed by atoms with van der Waals surface area (Å²) < 4.78 is 2.74. The summed E-state index contributed by atoms with van der Waals surface area (Å²) in [6.07, 6.45) is 2.55. The molecule has 0 unspecified atom stereocenters. The Morgan fingerprint density at radius 2 is 2.00 bits per heavy atom. The summed E-state index contributed by atoms with van der Waals surface area (Å²) in [5, 5.41) is 20.0. The first-order valence-corrected chi connectivity index (χ1v) is 10.1. The average Bonchev–Trinajstić information content (AvgIpc) is 3.03. The molecule has 0 spiro atoms. The van der Waals surface area contributed by atoms with Gasteiger partial charge in [0.25, 0.3) is 5.56 Å². The van der Waals surface area contributed by atoms with Crippen LogP contribution >= 0.6 is 11.5 Å². The smallest absolute Gasteiger partial charge is 0.268 e. The second-order valence-corrected chi connectivity index (χ2v) is 8.10. The molecule has 2 aromatic heterocycles. The third-order valence-electron chi connectivity index (χ3n) is 4.59. The number of hydrogen-bond acceptors (Lipinski definition) is 7. The Balaban J connectivity index is 1.63. The molecule has 0 saturated carbocycles. The van der Waals surface area contributed by atoms with Crippen molar-refractivity contribution in [2.24, 2.45) is 10.2 Å². The highest BCUT2D eigenvalue weighted by Gasteiger charge is 2.09. The van der Waals surface area contributed by atoms with E-state index < -0.39 is 0 Å². The predicted molar refractivity (Wildman–Crippen MR) is 117 cm³/mol. The fourth-order valence-corrected chi connectivity index (χ4v) is 4.15. The van der Waals surface area contributed by atoms with E-state index in [4.69, 9.17) is 0 Å². The first-order chi connectivity index (χ1) is 14.0. The molecule has 0 aliphatic heterocycles. The molecule has 0 bridgehead atoms. The van der Waals surface area contributed by atoms with Crippen LogP contribution in [0.15, 0.2) is 63.7 Å². The lowest BCUT2D eigenvalue weighted by atomic mass is 10.2. The molecule has 2 aromatic carbocycles. The van der Waals surface area contributed by atoms with Gasteiger partial charge in [-0.25, -0.2) is 0 Å². The summed E-state index contributed by atoms with van der Waals surface area (Å²) in [6.45, 7) is 1.65. The SMILES string of the molecule is CN(C)CCCn1sc2ccc(N=Nc3ccc(O)c4ncccc34)cc2c1=O. The minimum Gasteiger partial charge on any atom is -0.506 e. The lowest BCUT2D eigenvalue weighted by Crippen LogP contribution is -2.18. The van der Waals surface area contributed by atoms with Crippen LogP contribution in [0.2, 0.25) is 0 Å². The van der Waals surface area contributed by atoms with E-state index in [1.54, 1.807) is 34.4 Å². The maximum atomic E-state index is 12.7. The summed E-state index contributed by atoms with van der Waals surface area (Å²) >= 11 is 1.48. The molecular formula is C21H21N5O2S. The van der Waals surface area contributed by atoms with Gasteiger partial charge in [0.1, 0.15) is 11.3 Å². The van der Waals surface area contributed by atoms with Gasteiger partial charge in [0.2, 0.25) is 0 Å². The van der Waals surface area contributed by atoms with Gasteiger partial charge in [0, 0.05) is 18.1 Å². The molecule has 0 amide bonds. The van der Waals surface area contributed by atoms with Crippen molar-refractivity contribution in [3.8, 4) is 5.75 Å². The number of pyridine rings is 1. The number of benzene rings is 2. The molecule has 0 radical (unpaired) electrons. The van der Waals surface area contributed by atoms with E-state index in [2.05, 4.69) is 20.1 Å². The van der Waals surface area contributed by atoms with Gasteiger partial charge < -0.3 is 10.0 Å². The normalized spacial score (nSPS) is 12.0. The number of hydrogen-bond donors (Lipinski definition) is 1. The molecule has 7 nitrogen and oxygen atoms in total. The van der Waals surface area contributed by atoms with Crippen LogP contribution in [0.5, 0.6) is 5.75 Å². The predicted octanol–water partition coefficient (Wildman–Crippen LogP) is 4.68. The van der Waals surface area contributed by atoms with Crippen molar-refractivity contribution < 1.29 is 5.11 Å². The second-order valence-electron chi connectivity index (χ2n) is 7.04. The van der Waals surface area contributed by atoms with Crippen LogP contribution in [0.25, 0.3) is 21.0 Å². The van der Waals surface area contributed by atoms with Gasteiger partial charge >= 0.3 is 0 Å². The van der Waals surface area contributed by atoms with Gasteiger partial charge in [-0.1, -0.05) is 11.5 Å². The monoisotopic (exact) mass is 407 g/mol. The molecule has 1 N–H and O–H groups in total.